The van der Waals surface area contributed by atoms with Crippen LogP contribution in [0.2, 0.25) is 0 Å². The van der Waals surface area contributed by atoms with Gasteiger partial charge in [0.2, 0.25) is 5.95 Å². The van der Waals surface area contributed by atoms with Crippen molar-refractivity contribution in [3.63, 3.8) is 0 Å². The fourth-order valence-corrected chi connectivity index (χ4v) is 4.92. The Morgan fingerprint density at radius 1 is 1.35 bits per heavy atom. The van der Waals surface area contributed by atoms with Gasteiger partial charge in [-0.3, -0.25) is 9.67 Å². The average Bonchev–Trinajstić information content (AvgIpc) is 3.19. The molecular weight excluding hydrogens is 544 g/mol. The quantitative estimate of drug-likeness (QED) is 0.282. The summed E-state index contributed by atoms with van der Waals surface area (Å²) in [6.07, 6.45) is 5.74. The Balaban J connectivity index is 1.67. The molecule has 1 amide bonds. The molecule has 1 atom stereocenters. The van der Waals surface area contributed by atoms with E-state index >= 15 is 0 Å². The molecule has 3 aromatic heterocycles. The van der Waals surface area contributed by atoms with E-state index in [2.05, 4.69) is 48.2 Å². The summed E-state index contributed by atoms with van der Waals surface area (Å²) in [5.74, 6) is 1.25. The number of carboxylic acid groups (broad SMARTS) is 1. The predicted octanol–water partition coefficient (Wildman–Crippen LogP) is 3.35. The zero-order chi connectivity index (χ0) is 26.5. The van der Waals surface area contributed by atoms with Crippen molar-refractivity contribution in [2.45, 2.75) is 45.2 Å². The van der Waals surface area contributed by atoms with Gasteiger partial charge in [0.25, 0.3) is 0 Å². The number of nitrogens with two attached hydrogens (primary N) is 1. The summed E-state index contributed by atoms with van der Waals surface area (Å²) in [4.78, 5) is 26.1. The van der Waals surface area contributed by atoms with Gasteiger partial charge in [-0.1, -0.05) is 19.4 Å². The lowest BCUT2D eigenvalue weighted by atomic mass is 10.0. The molecule has 4 heterocycles. The Hall–Kier alpha value is -3.45. The number of methoxy groups -OCH3 is 1. The third-order valence-electron chi connectivity index (χ3n) is 6.32. The van der Waals surface area contributed by atoms with Crippen LogP contribution >= 0.6 is 15.9 Å². The third-order valence-corrected chi connectivity index (χ3v) is 6.85. The molecule has 0 bridgehead atoms. The van der Waals surface area contributed by atoms with E-state index < -0.39 is 6.09 Å². The number of ether oxygens (including phenoxy) is 1. The van der Waals surface area contributed by atoms with Crippen molar-refractivity contribution >= 4 is 50.4 Å². The van der Waals surface area contributed by atoms with Crippen LogP contribution in [0.3, 0.4) is 0 Å². The first kappa shape index (κ1) is 26.6. The van der Waals surface area contributed by atoms with Gasteiger partial charge in [0.15, 0.2) is 10.4 Å². The Morgan fingerprint density at radius 3 is 2.81 bits per heavy atom. The molecule has 0 saturated heterocycles. The molecule has 13 heteroatoms. The van der Waals surface area contributed by atoms with Gasteiger partial charge in [-0.15, -0.1) is 0 Å². The molecule has 0 fully saturated rings. The molecule has 5 N–H and O–H groups in total. The topological polar surface area (TPSA) is 165 Å². The van der Waals surface area contributed by atoms with Gasteiger partial charge < -0.3 is 30.9 Å². The number of aromatic nitrogens is 5. The lowest BCUT2D eigenvalue weighted by Gasteiger charge is -2.24. The summed E-state index contributed by atoms with van der Waals surface area (Å²) in [6.45, 7) is 3.22. The van der Waals surface area contributed by atoms with Crippen molar-refractivity contribution in [3.05, 3.63) is 34.2 Å². The van der Waals surface area contributed by atoms with Crippen LogP contribution in [0.15, 0.2) is 22.9 Å². The highest BCUT2D eigenvalue weighted by atomic mass is 79.9. The van der Waals surface area contributed by atoms with Crippen molar-refractivity contribution in [3.8, 4) is 5.75 Å². The first-order chi connectivity index (χ1) is 17.8. The van der Waals surface area contributed by atoms with E-state index in [1.807, 2.05) is 12.1 Å². The van der Waals surface area contributed by atoms with Gasteiger partial charge in [0.1, 0.15) is 22.5 Å². The molecule has 0 spiro atoms. The zero-order valence-electron chi connectivity index (χ0n) is 20.8. The Kier molecular flexibility index (Phi) is 8.44. The maximum atomic E-state index is 11.2. The molecule has 0 unspecified atom stereocenters. The van der Waals surface area contributed by atoms with E-state index in [0.717, 1.165) is 24.0 Å². The number of hydrogen-bond donors (Lipinski definition) is 4. The van der Waals surface area contributed by atoms with Crippen LogP contribution in [-0.4, -0.2) is 78.8 Å². The molecule has 1 aliphatic heterocycles. The highest BCUT2D eigenvalue weighted by molar-refractivity contribution is 9.10. The smallest absolute Gasteiger partial charge is 0.407 e. The second kappa shape index (κ2) is 11.7. The van der Waals surface area contributed by atoms with Crippen molar-refractivity contribution in [1.29, 1.82) is 0 Å². The Bertz CT molecular complexity index is 1310. The molecule has 0 aliphatic carbocycles. The summed E-state index contributed by atoms with van der Waals surface area (Å²) in [7, 11) is 1.59. The fourth-order valence-electron chi connectivity index (χ4n) is 4.46. The van der Waals surface area contributed by atoms with E-state index in [1.54, 1.807) is 18.0 Å². The summed E-state index contributed by atoms with van der Waals surface area (Å²) in [5, 5.41) is 26.7. The molecule has 3 aromatic rings. The Morgan fingerprint density at radius 2 is 2.16 bits per heavy atom. The maximum Gasteiger partial charge on any atom is 0.407 e. The summed E-state index contributed by atoms with van der Waals surface area (Å²) < 4.78 is 7.94. The lowest BCUT2D eigenvalue weighted by molar-refractivity contribution is 0.150. The number of amides is 1. The van der Waals surface area contributed by atoms with E-state index in [4.69, 9.17) is 10.5 Å². The second-order valence-corrected chi connectivity index (χ2v) is 9.55. The minimum absolute atomic E-state index is 0.0161. The molecule has 0 saturated carbocycles. The minimum Gasteiger partial charge on any atom is -0.495 e. The number of hydrogen-bond acceptors (Lipinski definition) is 9. The number of fused-ring (bicyclic) bond motifs is 1. The van der Waals surface area contributed by atoms with E-state index in [-0.39, 0.29) is 25.1 Å². The second-order valence-electron chi connectivity index (χ2n) is 8.80. The van der Waals surface area contributed by atoms with Crippen LogP contribution in [-0.2, 0) is 6.54 Å². The van der Waals surface area contributed by atoms with E-state index in [0.29, 0.717) is 58.8 Å². The number of aliphatic hydroxyl groups excluding tert-OH is 1. The van der Waals surface area contributed by atoms with Gasteiger partial charge in [-0.25, -0.2) is 9.78 Å². The van der Waals surface area contributed by atoms with Crippen LogP contribution < -0.4 is 15.8 Å². The SMILES string of the molecule is CCC[C@@H](CCO)Nc1nc(N)nc2c(Br)nn(Cc3ncc(C4=CCN(C(=O)O)CC4)cc3OC)c12. The van der Waals surface area contributed by atoms with E-state index in [9.17, 15) is 15.0 Å². The number of carbonyl (C=O) groups is 1. The van der Waals surface area contributed by atoms with Crippen LogP contribution in [0.5, 0.6) is 5.75 Å². The molecule has 198 valence electrons. The number of anilines is 2. The molecule has 0 radical (unpaired) electrons. The minimum atomic E-state index is -0.920. The van der Waals surface area contributed by atoms with Gasteiger partial charge in [-0.2, -0.15) is 10.1 Å². The number of halogens is 1. The number of pyridine rings is 1. The maximum absolute atomic E-state index is 11.2. The fraction of sp³-hybridized carbons (Fsp3) is 0.458. The number of rotatable bonds is 10. The monoisotopic (exact) mass is 574 g/mol. The normalized spacial score (nSPS) is 14.5. The largest absolute Gasteiger partial charge is 0.495 e. The average molecular weight is 575 g/mol. The third kappa shape index (κ3) is 5.93. The lowest BCUT2D eigenvalue weighted by Crippen LogP contribution is -2.33. The van der Waals surface area contributed by atoms with Crippen LogP contribution in [0, 0.1) is 0 Å². The van der Waals surface area contributed by atoms with Gasteiger partial charge >= 0.3 is 6.09 Å². The van der Waals surface area contributed by atoms with Gasteiger partial charge in [0.05, 0.1) is 13.7 Å². The molecule has 37 heavy (non-hydrogen) atoms. The van der Waals surface area contributed by atoms with Crippen LogP contribution in [0.4, 0.5) is 16.6 Å². The van der Waals surface area contributed by atoms with Crippen LogP contribution in [0.1, 0.15) is 43.9 Å². The van der Waals surface area contributed by atoms with Gasteiger partial charge in [0, 0.05) is 31.9 Å². The highest BCUT2D eigenvalue weighted by Gasteiger charge is 2.22. The first-order valence-electron chi connectivity index (χ1n) is 12.1. The molecule has 1 aliphatic rings. The number of nitrogen functional groups attached to an aromatic ring is 1. The molecular formula is C24H31BrN8O4. The van der Waals surface area contributed by atoms with Crippen LogP contribution in [0.25, 0.3) is 16.6 Å². The summed E-state index contributed by atoms with van der Waals surface area (Å²) >= 11 is 3.49. The summed E-state index contributed by atoms with van der Waals surface area (Å²) in [5.41, 5.74) is 9.81. The first-order valence-corrected chi connectivity index (χ1v) is 12.9. The molecule has 12 nitrogen and oxygen atoms in total. The van der Waals surface area contributed by atoms with E-state index in [1.165, 1.54) is 4.90 Å². The number of nitrogens with zero attached hydrogens (tertiary/aromatic N) is 6. The number of aliphatic hydroxyl groups is 1. The van der Waals surface area contributed by atoms with Crippen molar-refractivity contribution in [1.82, 2.24) is 29.6 Å². The zero-order valence-corrected chi connectivity index (χ0v) is 22.4. The van der Waals surface area contributed by atoms with Gasteiger partial charge in [-0.05, 0) is 52.4 Å². The molecule has 4 rings (SSSR count). The predicted molar refractivity (Wildman–Crippen MR) is 144 cm³/mol. The summed E-state index contributed by atoms with van der Waals surface area (Å²) in [6, 6.07) is 1.93. The molecule has 0 aromatic carbocycles. The number of nitrogens with one attached hydrogen (secondary N) is 1. The van der Waals surface area contributed by atoms with Crippen molar-refractivity contribution < 1.29 is 19.7 Å². The van der Waals surface area contributed by atoms with Crippen molar-refractivity contribution in [2.24, 2.45) is 0 Å². The Labute approximate surface area is 222 Å². The standard InChI is InChI=1S/C24H31BrN8O4/c1-3-4-16(7-10-34)28-22-20-19(29-23(26)30-22)21(25)31-33(20)13-17-18(37-2)11-15(12-27-17)14-5-8-32(9-6-14)24(35)36/h5,11-12,16,34H,3-4,6-10,13H2,1-2H3,(H,35,36)(H3,26,28,29,30)/t16-/m0/s1. The highest BCUT2D eigenvalue weighted by Crippen LogP contribution is 2.31. The van der Waals surface area contributed by atoms with Crippen molar-refractivity contribution in [2.75, 3.05) is 37.9 Å².